The van der Waals surface area contributed by atoms with Crippen LogP contribution in [0.5, 0.6) is 0 Å². The number of nitrogens with two attached hydrogens (primary N) is 1. The molecule has 0 aliphatic heterocycles. The molecule has 144 valence electrons. The quantitative estimate of drug-likeness (QED) is 0.458. The van der Waals surface area contributed by atoms with Crippen LogP contribution in [0.25, 0.3) is 10.9 Å². The van der Waals surface area contributed by atoms with Crippen LogP contribution in [0.1, 0.15) is 20.7 Å². The molecule has 29 heavy (non-hydrogen) atoms. The minimum absolute atomic E-state index is 0.0516. The first-order valence-electron chi connectivity index (χ1n) is 8.73. The molecule has 1 amide bonds. The Morgan fingerprint density at radius 3 is 2.31 bits per heavy atom. The fourth-order valence-corrected chi connectivity index (χ4v) is 3.56. The number of carbonyl (C=O) groups excluding carboxylic acids is 2. The van der Waals surface area contributed by atoms with Crippen molar-refractivity contribution in [3.63, 3.8) is 0 Å². The Labute approximate surface area is 176 Å². The number of hydrogen-bond acceptors (Lipinski definition) is 3. The van der Waals surface area contributed by atoms with Gasteiger partial charge in [0.15, 0.2) is 0 Å². The molecule has 7 heteroatoms. The molecule has 5 nitrogen and oxygen atoms in total. The van der Waals surface area contributed by atoms with Gasteiger partial charge in [0.25, 0.3) is 11.8 Å². The molecule has 1 aromatic heterocycles. The number of para-hydroxylation sites is 1. The second-order valence-corrected chi connectivity index (χ2v) is 7.12. The van der Waals surface area contributed by atoms with Gasteiger partial charge in [0.2, 0.25) is 0 Å². The summed E-state index contributed by atoms with van der Waals surface area (Å²) in [6.45, 7) is 0. The van der Waals surface area contributed by atoms with Crippen molar-refractivity contribution in [2.75, 3.05) is 11.1 Å². The van der Waals surface area contributed by atoms with Crippen molar-refractivity contribution in [1.29, 1.82) is 0 Å². The number of hydrogen-bond donors (Lipinski definition) is 2. The number of carbonyl (C=O) groups is 2. The number of nitrogens with zero attached hydrogens (tertiary/aromatic N) is 1. The van der Waals surface area contributed by atoms with E-state index in [4.69, 9.17) is 28.9 Å². The van der Waals surface area contributed by atoms with E-state index in [-0.39, 0.29) is 22.3 Å². The highest BCUT2D eigenvalue weighted by Crippen LogP contribution is 2.33. The van der Waals surface area contributed by atoms with Crippen LogP contribution >= 0.6 is 23.2 Å². The van der Waals surface area contributed by atoms with E-state index >= 15 is 0 Å². The fraction of sp³-hybridized carbons (Fsp3) is 0. The van der Waals surface area contributed by atoms with E-state index in [1.54, 1.807) is 66.7 Å². The molecule has 0 fully saturated rings. The minimum atomic E-state index is -0.484. The highest BCUT2D eigenvalue weighted by Gasteiger charge is 2.25. The predicted octanol–water partition coefficient (Wildman–Crippen LogP) is 5.47. The zero-order chi connectivity index (χ0) is 20.5. The van der Waals surface area contributed by atoms with E-state index in [1.165, 1.54) is 4.57 Å². The van der Waals surface area contributed by atoms with Gasteiger partial charge in [-0.1, -0.05) is 65.7 Å². The van der Waals surface area contributed by atoms with Gasteiger partial charge in [-0.25, -0.2) is 0 Å². The first kappa shape index (κ1) is 19.1. The van der Waals surface area contributed by atoms with Crippen molar-refractivity contribution in [2.45, 2.75) is 0 Å². The van der Waals surface area contributed by atoms with E-state index < -0.39 is 5.91 Å². The molecule has 0 saturated heterocycles. The van der Waals surface area contributed by atoms with Crippen molar-refractivity contribution < 1.29 is 9.59 Å². The average Bonchev–Trinajstić information content (AvgIpc) is 3.03. The third-order valence-electron chi connectivity index (χ3n) is 4.56. The number of benzene rings is 3. The number of nitrogens with one attached hydrogen (secondary N) is 1. The summed E-state index contributed by atoms with van der Waals surface area (Å²) in [6, 6.07) is 20.7. The van der Waals surface area contributed by atoms with Crippen LogP contribution in [0.2, 0.25) is 10.0 Å². The molecule has 0 saturated carbocycles. The van der Waals surface area contributed by atoms with Crippen LogP contribution in [-0.2, 0) is 0 Å². The number of nitrogen functional groups attached to an aromatic ring is 1. The molecule has 0 atom stereocenters. The second kappa shape index (κ2) is 7.62. The van der Waals surface area contributed by atoms with Crippen LogP contribution in [0.3, 0.4) is 0 Å². The zero-order valence-corrected chi connectivity index (χ0v) is 16.5. The lowest BCUT2D eigenvalue weighted by molar-refractivity contribution is 0.0967. The summed E-state index contributed by atoms with van der Waals surface area (Å²) in [6.07, 6.45) is 0. The molecular weight excluding hydrogens is 409 g/mol. The maximum Gasteiger partial charge on any atom is 0.263 e. The highest BCUT2D eigenvalue weighted by molar-refractivity contribution is 6.44. The minimum Gasteiger partial charge on any atom is -0.384 e. The molecule has 0 bridgehead atoms. The molecule has 0 radical (unpaired) electrons. The van der Waals surface area contributed by atoms with Gasteiger partial charge in [-0.3, -0.25) is 14.2 Å². The van der Waals surface area contributed by atoms with Crippen molar-refractivity contribution in [2.24, 2.45) is 0 Å². The van der Waals surface area contributed by atoms with E-state index in [0.29, 0.717) is 27.2 Å². The number of anilines is 2. The Kier molecular flexibility index (Phi) is 5.01. The van der Waals surface area contributed by atoms with Gasteiger partial charge >= 0.3 is 0 Å². The highest BCUT2D eigenvalue weighted by atomic mass is 35.5. The van der Waals surface area contributed by atoms with E-state index in [1.807, 2.05) is 6.07 Å². The molecular formula is C22H15Cl2N3O2. The van der Waals surface area contributed by atoms with Gasteiger partial charge in [0, 0.05) is 10.9 Å². The molecule has 0 spiro atoms. The van der Waals surface area contributed by atoms with Crippen molar-refractivity contribution in [1.82, 2.24) is 4.57 Å². The summed E-state index contributed by atoms with van der Waals surface area (Å²) >= 11 is 12.2. The van der Waals surface area contributed by atoms with Crippen molar-refractivity contribution >= 4 is 57.4 Å². The molecule has 1 heterocycles. The molecule has 4 rings (SSSR count). The summed E-state index contributed by atoms with van der Waals surface area (Å²) in [7, 11) is 0. The van der Waals surface area contributed by atoms with Crippen LogP contribution in [0.15, 0.2) is 72.8 Å². The predicted molar refractivity (Wildman–Crippen MR) is 117 cm³/mol. The Morgan fingerprint density at radius 1 is 0.862 bits per heavy atom. The van der Waals surface area contributed by atoms with Crippen molar-refractivity contribution in [3.8, 4) is 0 Å². The fourth-order valence-electron chi connectivity index (χ4n) is 3.21. The van der Waals surface area contributed by atoms with Gasteiger partial charge in [-0.05, 0) is 30.3 Å². The van der Waals surface area contributed by atoms with Crippen LogP contribution in [0, 0.1) is 0 Å². The van der Waals surface area contributed by atoms with Gasteiger partial charge in [0.1, 0.15) is 5.82 Å². The summed E-state index contributed by atoms with van der Waals surface area (Å²) in [5, 5.41) is 3.84. The summed E-state index contributed by atoms with van der Waals surface area (Å²) in [4.78, 5) is 26.2. The monoisotopic (exact) mass is 423 g/mol. The Balaban J connectivity index is 1.83. The average molecular weight is 424 g/mol. The molecule has 0 aliphatic carbocycles. The van der Waals surface area contributed by atoms with E-state index in [2.05, 4.69) is 5.32 Å². The number of halogens is 2. The molecule has 0 aliphatic rings. The van der Waals surface area contributed by atoms with E-state index in [0.717, 1.165) is 0 Å². The smallest absolute Gasteiger partial charge is 0.263 e. The summed E-state index contributed by atoms with van der Waals surface area (Å²) < 4.78 is 1.35. The Morgan fingerprint density at radius 2 is 1.55 bits per heavy atom. The topological polar surface area (TPSA) is 77.1 Å². The number of amides is 1. The van der Waals surface area contributed by atoms with E-state index in [9.17, 15) is 9.59 Å². The first-order valence-corrected chi connectivity index (χ1v) is 9.48. The van der Waals surface area contributed by atoms with Gasteiger partial charge in [0.05, 0.1) is 26.8 Å². The summed E-state index contributed by atoms with van der Waals surface area (Å²) in [5.74, 6) is -0.752. The lowest BCUT2D eigenvalue weighted by atomic mass is 10.1. The van der Waals surface area contributed by atoms with Gasteiger partial charge in [-0.15, -0.1) is 0 Å². The first-order chi connectivity index (χ1) is 14.0. The second-order valence-electron chi connectivity index (χ2n) is 6.34. The van der Waals surface area contributed by atoms with Gasteiger partial charge in [-0.2, -0.15) is 0 Å². The van der Waals surface area contributed by atoms with Crippen LogP contribution in [-0.4, -0.2) is 16.4 Å². The number of aromatic nitrogens is 1. The molecule has 3 aromatic carbocycles. The van der Waals surface area contributed by atoms with Crippen LogP contribution < -0.4 is 11.1 Å². The third-order valence-corrected chi connectivity index (χ3v) is 5.38. The van der Waals surface area contributed by atoms with Crippen LogP contribution in [0.4, 0.5) is 11.5 Å². The normalized spacial score (nSPS) is 10.8. The largest absolute Gasteiger partial charge is 0.384 e. The standard InChI is InChI=1S/C22H15Cl2N3O2/c23-15-10-6-11-16(19(15)24)26-21(28)18-14-9-4-5-12-17(14)27(20(18)25)22(29)13-7-2-1-3-8-13/h1-12H,25H2,(H,26,28). The maximum absolute atomic E-state index is 13.1. The molecule has 3 N–H and O–H groups in total. The SMILES string of the molecule is Nc1c(C(=O)Nc2cccc(Cl)c2Cl)c2ccccc2n1C(=O)c1ccccc1. The lowest BCUT2D eigenvalue weighted by Crippen LogP contribution is -2.18. The zero-order valence-electron chi connectivity index (χ0n) is 15.0. The maximum atomic E-state index is 13.1. The Hall–Kier alpha value is -3.28. The molecule has 4 aromatic rings. The van der Waals surface area contributed by atoms with Gasteiger partial charge < -0.3 is 11.1 Å². The molecule has 0 unspecified atom stereocenters. The number of rotatable bonds is 3. The number of fused-ring (bicyclic) bond motifs is 1. The Bertz CT molecular complexity index is 1250. The lowest BCUT2D eigenvalue weighted by Gasteiger charge is -2.09. The third kappa shape index (κ3) is 3.35. The van der Waals surface area contributed by atoms with Crippen molar-refractivity contribution in [3.05, 3.63) is 94.0 Å². The summed E-state index contributed by atoms with van der Waals surface area (Å²) in [5.41, 5.74) is 7.86.